The first kappa shape index (κ1) is 64.6. The van der Waals surface area contributed by atoms with Crippen molar-refractivity contribution < 1.29 is 51.8 Å². The highest BCUT2D eigenvalue weighted by Gasteiger charge is 2.48. The SMILES string of the molecule is CCCCC/C=C\C/C=C\CCCCCCCCCC(=O)NC(COC1OC(CO)C(O)C(OS(=O)(=O)O)C1O)C(O)CCCCCCCCCCCCCCCCCCCCCCCCCC. The van der Waals surface area contributed by atoms with E-state index in [2.05, 4.69) is 47.7 Å². The number of aliphatic hydroxyl groups excluding tert-OH is 4. The molecule has 13 heteroatoms. The lowest BCUT2D eigenvalue weighted by atomic mass is 9.99. The van der Waals surface area contributed by atoms with E-state index in [-0.39, 0.29) is 18.9 Å². The predicted octanol–water partition coefficient (Wildman–Crippen LogP) is 12.8. The highest BCUT2D eigenvalue weighted by molar-refractivity contribution is 7.80. The number of hydrogen-bond donors (Lipinski definition) is 6. The first-order valence-electron chi connectivity index (χ1n) is 28.2. The summed E-state index contributed by atoms with van der Waals surface area (Å²) in [5, 5.41) is 45.1. The van der Waals surface area contributed by atoms with Crippen molar-refractivity contribution in [3.63, 3.8) is 0 Å². The van der Waals surface area contributed by atoms with E-state index in [9.17, 15) is 38.2 Å². The number of rotatable bonds is 49. The van der Waals surface area contributed by atoms with Crippen LogP contribution in [0.1, 0.15) is 264 Å². The number of aliphatic hydroxyl groups is 4. The molecule has 1 heterocycles. The highest BCUT2D eigenvalue weighted by atomic mass is 32.3. The monoisotopic (exact) mass is 988 g/mol. The van der Waals surface area contributed by atoms with Crippen molar-refractivity contribution in [2.75, 3.05) is 13.2 Å². The van der Waals surface area contributed by atoms with Crippen molar-refractivity contribution in [1.82, 2.24) is 5.32 Å². The summed E-state index contributed by atoms with van der Waals surface area (Å²) in [7, 11) is -5.08. The van der Waals surface area contributed by atoms with Gasteiger partial charge < -0.3 is 35.2 Å². The van der Waals surface area contributed by atoms with Crippen LogP contribution >= 0.6 is 0 Å². The summed E-state index contributed by atoms with van der Waals surface area (Å²) >= 11 is 0. The van der Waals surface area contributed by atoms with E-state index in [0.717, 1.165) is 57.8 Å². The van der Waals surface area contributed by atoms with Crippen LogP contribution in [-0.2, 0) is 28.9 Å². The van der Waals surface area contributed by atoms with Crippen LogP contribution in [0.15, 0.2) is 24.3 Å². The number of carbonyl (C=O) groups excluding carboxylic acids is 1. The fourth-order valence-electron chi connectivity index (χ4n) is 9.14. The van der Waals surface area contributed by atoms with Crippen molar-refractivity contribution in [3.05, 3.63) is 24.3 Å². The van der Waals surface area contributed by atoms with Gasteiger partial charge in [0.05, 0.1) is 25.4 Å². The smallest absolute Gasteiger partial charge is 0.394 e. The van der Waals surface area contributed by atoms with Crippen LogP contribution in [0.4, 0.5) is 0 Å². The second kappa shape index (κ2) is 45.4. The van der Waals surface area contributed by atoms with Crippen LogP contribution < -0.4 is 5.32 Å². The summed E-state index contributed by atoms with van der Waals surface area (Å²) in [6.45, 7) is 3.45. The van der Waals surface area contributed by atoms with Gasteiger partial charge in [0.25, 0.3) is 0 Å². The molecule has 0 aromatic rings. The highest BCUT2D eigenvalue weighted by Crippen LogP contribution is 2.26. The molecule has 7 atom stereocenters. The molecular formula is C55H105NO11S. The molecule has 6 N–H and O–H groups in total. The Hall–Kier alpha value is -1.42. The Kier molecular flexibility index (Phi) is 43.2. The van der Waals surface area contributed by atoms with Gasteiger partial charge in [-0.05, 0) is 44.9 Å². The van der Waals surface area contributed by atoms with Gasteiger partial charge in [-0.3, -0.25) is 9.35 Å². The van der Waals surface area contributed by atoms with Crippen LogP contribution in [0.5, 0.6) is 0 Å². The Morgan fingerprint density at radius 3 is 1.43 bits per heavy atom. The number of nitrogens with one attached hydrogen (secondary N) is 1. The summed E-state index contributed by atoms with van der Waals surface area (Å²) in [4.78, 5) is 13.1. The van der Waals surface area contributed by atoms with Gasteiger partial charge in [0.15, 0.2) is 6.29 Å². The fourth-order valence-corrected chi connectivity index (χ4v) is 9.65. The summed E-state index contributed by atoms with van der Waals surface area (Å²) in [6.07, 6.45) is 46.1. The van der Waals surface area contributed by atoms with Gasteiger partial charge in [-0.15, -0.1) is 0 Å². The largest absolute Gasteiger partial charge is 0.397 e. The standard InChI is InChI=1S/C55H105NO11S/c1-3-5-7-9-11-13-15-17-19-21-22-23-24-25-26-27-29-30-32-34-36-38-40-42-44-49(58)48(47-65-55-53(61)54(67-68(62,63)64)52(60)50(46-57)66-55)56-51(59)45-43-41-39-37-35-33-31-28-20-18-16-14-12-10-8-6-4-2/h12,14,18,20,48-50,52-55,57-58,60-61H,3-11,13,15-17,19,21-47H2,1-2H3,(H,56,59)(H,62,63,64)/b14-12-,20-18-. The van der Waals surface area contributed by atoms with E-state index < -0.39 is 59.9 Å². The zero-order chi connectivity index (χ0) is 49.8. The molecule has 402 valence electrons. The first-order chi connectivity index (χ1) is 33.0. The third-order valence-electron chi connectivity index (χ3n) is 13.5. The minimum absolute atomic E-state index is 0.235. The molecule has 1 saturated heterocycles. The van der Waals surface area contributed by atoms with Crippen molar-refractivity contribution in [3.8, 4) is 0 Å². The number of carbonyl (C=O) groups is 1. The molecule has 0 aliphatic carbocycles. The number of unbranched alkanes of at least 4 members (excludes halogenated alkanes) is 33. The summed E-state index contributed by atoms with van der Waals surface area (Å²) in [5.74, 6) is -0.235. The van der Waals surface area contributed by atoms with Gasteiger partial charge in [0.2, 0.25) is 5.91 Å². The molecule has 1 aliphatic heterocycles. The number of allylic oxidation sites excluding steroid dienone is 4. The van der Waals surface area contributed by atoms with Crippen molar-refractivity contribution in [1.29, 1.82) is 0 Å². The molecule has 7 unspecified atom stereocenters. The molecule has 0 bridgehead atoms. The minimum Gasteiger partial charge on any atom is -0.394 e. The quantitative estimate of drug-likeness (QED) is 0.0193. The molecule has 12 nitrogen and oxygen atoms in total. The zero-order valence-corrected chi connectivity index (χ0v) is 44.3. The maximum atomic E-state index is 13.1. The van der Waals surface area contributed by atoms with Crippen LogP contribution in [-0.4, -0.2) is 95.4 Å². The van der Waals surface area contributed by atoms with Crippen molar-refractivity contribution >= 4 is 16.3 Å². The lowest BCUT2D eigenvalue weighted by Crippen LogP contribution is -2.61. The lowest BCUT2D eigenvalue weighted by molar-refractivity contribution is -0.298. The maximum Gasteiger partial charge on any atom is 0.397 e. The third kappa shape index (κ3) is 37.4. The van der Waals surface area contributed by atoms with E-state index in [0.29, 0.717) is 12.8 Å². The van der Waals surface area contributed by atoms with Gasteiger partial charge in [-0.25, -0.2) is 4.18 Å². The molecule has 1 amide bonds. The first-order valence-corrected chi connectivity index (χ1v) is 29.6. The van der Waals surface area contributed by atoms with Gasteiger partial charge in [0.1, 0.15) is 24.4 Å². The molecular weight excluding hydrogens is 883 g/mol. The Balaban J connectivity index is 2.36. The second-order valence-electron chi connectivity index (χ2n) is 19.9. The molecule has 68 heavy (non-hydrogen) atoms. The topological polar surface area (TPSA) is 192 Å². The summed E-state index contributed by atoms with van der Waals surface area (Å²) in [5.41, 5.74) is 0. The average Bonchev–Trinajstić information content (AvgIpc) is 3.31. The van der Waals surface area contributed by atoms with Crippen molar-refractivity contribution in [2.45, 2.75) is 307 Å². The number of amides is 1. The zero-order valence-electron chi connectivity index (χ0n) is 43.4. The summed E-state index contributed by atoms with van der Waals surface area (Å²) in [6, 6.07) is -0.862. The van der Waals surface area contributed by atoms with Crippen LogP contribution in [0, 0.1) is 0 Å². The molecule has 0 saturated carbocycles. The molecule has 0 aromatic carbocycles. The van der Waals surface area contributed by atoms with Gasteiger partial charge >= 0.3 is 10.4 Å². The molecule has 0 radical (unpaired) electrons. The lowest BCUT2D eigenvalue weighted by Gasteiger charge is -2.41. The Bertz CT molecular complexity index is 1300. The maximum absolute atomic E-state index is 13.1. The average molecular weight is 989 g/mol. The molecule has 1 rings (SSSR count). The van der Waals surface area contributed by atoms with Gasteiger partial charge in [-0.2, -0.15) is 8.42 Å². The third-order valence-corrected chi connectivity index (χ3v) is 14.0. The van der Waals surface area contributed by atoms with Crippen molar-refractivity contribution in [2.24, 2.45) is 0 Å². The molecule has 0 spiro atoms. The number of hydrogen-bond acceptors (Lipinski definition) is 10. The number of ether oxygens (including phenoxy) is 2. The fraction of sp³-hybridized carbons (Fsp3) is 0.909. The van der Waals surface area contributed by atoms with E-state index >= 15 is 0 Å². The molecule has 0 aromatic heterocycles. The van der Waals surface area contributed by atoms with Crippen LogP contribution in [0.25, 0.3) is 0 Å². The van der Waals surface area contributed by atoms with E-state index in [4.69, 9.17) is 9.47 Å². The predicted molar refractivity (Wildman–Crippen MR) is 278 cm³/mol. The van der Waals surface area contributed by atoms with E-state index in [1.54, 1.807) is 0 Å². The molecule has 1 aliphatic rings. The second-order valence-corrected chi connectivity index (χ2v) is 20.9. The minimum atomic E-state index is -5.08. The molecule has 1 fully saturated rings. The van der Waals surface area contributed by atoms with E-state index in [1.165, 1.54) is 173 Å². The van der Waals surface area contributed by atoms with Gasteiger partial charge in [-0.1, -0.05) is 237 Å². The van der Waals surface area contributed by atoms with Gasteiger partial charge in [0, 0.05) is 6.42 Å². The van der Waals surface area contributed by atoms with Crippen LogP contribution in [0.3, 0.4) is 0 Å². The Labute approximate surface area is 416 Å². The van der Waals surface area contributed by atoms with E-state index in [1.807, 2.05) is 0 Å². The summed E-state index contributed by atoms with van der Waals surface area (Å²) < 4.78 is 47.9. The Morgan fingerprint density at radius 1 is 0.588 bits per heavy atom. The normalized spacial score (nSPS) is 19.9. The Morgan fingerprint density at radius 2 is 0.985 bits per heavy atom. The van der Waals surface area contributed by atoms with Crippen LogP contribution in [0.2, 0.25) is 0 Å².